The Kier molecular flexibility index (Phi) is 7.71. The van der Waals surface area contributed by atoms with Crippen LogP contribution in [0.2, 0.25) is 0 Å². The molecule has 0 saturated carbocycles. The van der Waals surface area contributed by atoms with Crippen molar-refractivity contribution >= 4 is 29.3 Å². The summed E-state index contributed by atoms with van der Waals surface area (Å²) in [6.45, 7) is 5.06. The molecule has 2 aromatic rings. The quantitative estimate of drug-likeness (QED) is 0.622. The maximum atomic E-state index is 13.9. The molecule has 166 valence electrons. The highest BCUT2D eigenvalue weighted by atomic mass is 19.1. The highest BCUT2D eigenvalue weighted by Gasteiger charge is 2.24. The first-order chi connectivity index (χ1) is 14.5. The Morgan fingerprint density at radius 3 is 2.29 bits per heavy atom. The summed E-state index contributed by atoms with van der Waals surface area (Å²) in [5.41, 5.74) is 5.38. The first kappa shape index (κ1) is 23.8. The number of hydrogen-bond donors (Lipinski definition) is 3. The van der Waals surface area contributed by atoms with Crippen molar-refractivity contribution in [3.05, 3.63) is 59.4 Å². The average molecular weight is 431 g/mol. The molecule has 2 aromatic carbocycles. The van der Waals surface area contributed by atoms with Crippen LogP contribution in [-0.2, 0) is 16.1 Å². The first-order valence-corrected chi connectivity index (χ1v) is 9.59. The zero-order chi connectivity index (χ0) is 23.2. The summed E-state index contributed by atoms with van der Waals surface area (Å²) in [6.07, 6.45) is -0.728. The Morgan fingerprint density at radius 2 is 1.77 bits per heavy atom. The van der Waals surface area contributed by atoms with Gasteiger partial charge in [-0.1, -0.05) is 12.1 Å². The summed E-state index contributed by atoms with van der Waals surface area (Å²) in [5, 5.41) is 11.7. The molecule has 0 aliphatic carbocycles. The van der Waals surface area contributed by atoms with E-state index >= 15 is 0 Å². The number of nitrogens with zero attached hydrogens (tertiary/aromatic N) is 1. The molecule has 3 amide bonds. The molecule has 8 nitrogen and oxygen atoms in total. The van der Waals surface area contributed by atoms with Crippen molar-refractivity contribution in [2.45, 2.75) is 39.4 Å². The topological polar surface area (TPSA) is 122 Å². The van der Waals surface area contributed by atoms with Crippen LogP contribution < -0.4 is 16.0 Å². The smallest absolute Gasteiger partial charge is 0.414 e. The van der Waals surface area contributed by atoms with Crippen molar-refractivity contribution < 1.29 is 28.6 Å². The van der Waals surface area contributed by atoms with E-state index in [4.69, 9.17) is 10.5 Å². The van der Waals surface area contributed by atoms with Crippen LogP contribution in [0.1, 0.15) is 43.1 Å². The fraction of sp³-hybridized carbons (Fsp3) is 0.318. The molecule has 0 unspecified atom stereocenters. The van der Waals surface area contributed by atoms with E-state index in [1.54, 1.807) is 45.0 Å². The van der Waals surface area contributed by atoms with Gasteiger partial charge in [-0.2, -0.15) is 0 Å². The number of aliphatic hydroxyl groups is 1. The van der Waals surface area contributed by atoms with Crippen LogP contribution in [0.25, 0.3) is 0 Å². The standard InChI is InChI=1S/C22H26FN3O5/c1-22(2,3)31-21(30)26(16-7-4-14(13-27)5-8-16)11-10-19(28)25-15-6-9-17(20(24)29)18(23)12-15/h4-9,12,27H,10-11,13H2,1-3H3,(H2,24,29)(H,25,28). The fourth-order valence-corrected chi connectivity index (χ4v) is 2.65. The molecular weight excluding hydrogens is 405 g/mol. The van der Waals surface area contributed by atoms with Gasteiger partial charge in [-0.3, -0.25) is 14.5 Å². The Balaban J connectivity index is 2.11. The predicted octanol–water partition coefficient (Wildman–Crippen LogP) is 3.19. The van der Waals surface area contributed by atoms with Gasteiger partial charge in [0, 0.05) is 24.3 Å². The zero-order valence-electron chi connectivity index (χ0n) is 17.6. The second-order valence-electron chi connectivity index (χ2n) is 7.81. The third-order valence-electron chi connectivity index (χ3n) is 4.13. The lowest BCUT2D eigenvalue weighted by Crippen LogP contribution is -2.38. The molecule has 0 fully saturated rings. The van der Waals surface area contributed by atoms with Gasteiger partial charge in [-0.05, 0) is 56.7 Å². The van der Waals surface area contributed by atoms with Crippen molar-refractivity contribution in [2.24, 2.45) is 5.73 Å². The van der Waals surface area contributed by atoms with Crippen LogP contribution in [0.4, 0.5) is 20.6 Å². The number of nitrogens with two attached hydrogens (primary N) is 1. The molecule has 0 saturated heterocycles. The van der Waals surface area contributed by atoms with Gasteiger partial charge in [0.25, 0.3) is 5.91 Å². The van der Waals surface area contributed by atoms with Crippen LogP contribution in [0.3, 0.4) is 0 Å². The van der Waals surface area contributed by atoms with Crippen LogP contribution in [0.15, 0.2) is 42.5 Å². The maximum absolute atomic E-state index is 13.9. The second-order valence-corrected chi connectivity index (χ2v) is 7.81. The number of anilines is 2. The third-order valence-corrected chi connectivity index (χ3v) is 4.13. The van der Waals surface area contributed by atoms with Crippen LogP contribution in [-0.4, -0.2) is 35.2 Å². The lowest BCUT2D eigenvalue weighted by atomic mass is 10.1. The minimum absolute atomic E-state index is 0.00106. The fourth-order valence-electron chi connectivity index (χ4n) is 2.65. The van der Waals surface area contributed by atoms with Crippen LogP contribution >= 0.6 is 0 Å². The number of halogens is 1. The molecule has 31 heavy (non-hydrogen) atoms. The number of aliphatic hydroxyl groups excluding tert-OH is 1. The van der Waals surface area contributed by atoms with Gasteiger partial charge >= 0.3 is 6.09 Å². The largest absolute Gasteiger partial charge is 0.443 e. The van der Waals surface area contributed by atoms with E-state index in [9.17, 15) is 23.9 Å². The first-order valence-electron chi connectivity index (χ1n) is 9.59. The number of ether oxygens (including phenoxy) is 1. The molecule has 0 radical (unpaired) electrons. The van der Waals surface area contributed by atoms with E-state index < -0.39 is 29.3 Å². The minimum atomic E-state index is -0.907. The number of primary amides is 1. The molecule has 9 heteroatoms. The van der Waals surface area contributed by atoms with Crippen LogP contribution in [0.5, 0.6) is 0 Å². The summed E-state index contributed by atoms with van der Waals surface area (Å²) < 4.78 is 19.3. The van der Waals surface area contributed by atoms with Gasteiger partial charge in [-0.25, -0.2) is 9.18 Å². The summed E-state index contributed by atoms with van der Waals surface area (Å²) in [5.74, 6) is -2.22. The molecule has 0 heterocycles. The van der Waals surface area contributed by atoms with Crippen molar-refractivity contribution in [3.8, 4) is 0 Å². The maximum Gasteiger partial charge on any atom is 0.414 e. The molecule has 0 aliphatic heterocycles. The van der Waals surface area contributed by atoms with E-state index in [0.29, 0.717) is 11.3 Å². The SMILES string of the molecule is CC(C)(C)OC(=O)N(CCC(=O)Nc1ccc(C(N)=O)c(F)c1)c1ccc(CO)cc1. The summed E-state index contributed by atoms with van der Waals surface area (Å²) >= 11 is 0. The number of rotatable bonds is 7. The van der Waals surface area contributed by atoms with Gasteiger partial charge in [0.15, 0.2) is 0 Å². The van der Waals surface area contributed by atoms with Gasteiger partial charge in [0.05, 0.1) is 12.2 Å². The molecule has 0 bridgehead atoms. The van der Waals surface area contributed by atoms with Crippen molar-refractivity contribution in [1.29, 1.82) is 0 Å². The third kappa shape index (κ3) is 7.07. The van der Waals surface area contributed by atoms with E-state index in [-0.39, 0.29) is 30.8 Å². The van der Waals surface area contributed by atoms with Gasteiger partial charge < -0.3 is 20.9 Å². The lowest BCUT2D eigenvalue weighted by Gasteiger charge is -2.27. The van der Waals surface area contributed by atoms with E-state index in [1.165, 1.54) is 17.0 Å². The molecule has 0 aliphatic rings. The average Bonchev–Trinajstić information content (AvgIpc) is 2.67. The van der Waals surface area contributed by atoms with Gasteiger partial charge in [0.1, 0.15) is 11.4 Å². The Labute approximate surface area is 179 Å². The summed E-state index contributed by atoms with van der Waals surface area (Å²) in [6, 6.07) is 10.2. The second kappa shape index (κ2) is 10.0. The monoisotopic (exact) mass is 431 g/mol. The highest BCUT2D eigenvalue weighted by molar-refractivity contribution is 5.95. The van der Waals surface area contributed by atoms with E-state index in [2.05, 4.69) is 5.32 Å². The number of hydrogen-bond acceptors (Lipinski definition) is 5. The molecular formula is C22H26FN3O5. The van der Waals surface area contributed by atoms with Crippen LogP contribution in [0, 0.1) is 5.82 Å². The van der Waals surface area contributed by atoms with E-state index in [0.717, 1.165) is 6.07 Å². The lowest BCUT2D eigenvalue weighted by molar-refractivity contribution is -0.116. The number of carbonyl (C=O) groups excluding carboxylic acids is 3. The van der Waals surface area contributed by atoms with Gasteiger partial charge in [-0.15, -0.1) is 0 Å². The van der Waals surface area contributed by atoms with Gasteiger partial charge in [0.2, 0.25) is 5.91 Å². The van der Waals surface area contributed by atoms with E-state index in [1.807, 2.05) is 0 Å². The number of amides is 3. The molecule has 0 spiro atoms. The van der Waals surface area contributed by atoms with Crippen molar-refractivity contribution in [1.82, 2.24) is 0 Å². The highest BCUT2D eigenvalue weighted by Crippen LogP contribution is 2.20. The predicted molar refractivity (Wildman–Crippen MR) is 114 cm³/mol. The van der Waals surface area contributed by atoms with Crippen molar-refractivity contribution in [2.75, 3.05) is 16.8 Å². The molecule has 0 atom stereocenters. The summed E-state index contributed by atoms with van der Waals surface area (Å²) in [7, 11) is 0. The van der Waals surface area contributed by atoms with Crippen molar-refractivity contribution in [3.63, 3.8) is 0 Å². The summed E-state index contributed by atoms with van der Waals surface area (Å²) in [4.78, 5) is 37.4. The number of benzene rings is 2. The minimum Gasteiger partial charge on any atom is -0.443 e. The number of nitrogens with one attached hydrogen (secondary N) is 1. The number of carbonyl (C=O) groups is 3. The zero-order valence-corrected chi connectivity index (χ0v) is 17.6. The Morgan fingerprint density at radius 1 is 1.13 bits per heavy atom. The molecule has 4 N–H and O–H groups in total. The normalized spacial score (nSPS) is 11.0. The molecule has 2 rings (SSSR count). The Bertz CT molecular complexity index is 955. The Hall–Kier alpha value is -3.46. The molecule has 0 aromatic heterocycles.